The van der Waals surface area contributed by atoms with E-state index in [1.54, 1.807) is 60.4 Å². The summed E-state index contributed by atoms with van der Waals surface area (Å²) in [5.41, 5.74) is 3.66. The van der Waals surface area contributed by atoms with Crippen LogP contribution in [0.5, 0.6) is 5.75 Å². The van der Waals surface area contributed by atoms with Crippen LogP contribution in [-0.2, 0) is 27.3 Å². The predicted molar refractivity (Wildman–Crippen MR) is 179 cm³/mol. The average Bonchev–Trinajstić information content (AvgIpc) is 3.59. The van der Waals surface area contributed by atoms with Crippen LogP contribution in [0.15, 0.2) is 54.6 Å². The molecule has 0 spiro atoms. The van der Waals surface area contributed by atoms with Crippen molar-refractivity contribution in [2.45, 2.75) is 44.8 Å². The third kappa shape index (κ3) is 6.13. The zero-order chi connectivity index (χ0) is 34.4. The number of nitrogens with one attached hydrogen (secondary N) is 2. The molecule has 2 aliphatic heterocycles. The number of aromatic amines is 1. The van der Waals surface area contributed by atoms with E-state index in [1.165, 1.54) is 0 Å². The van der Waals surface area contributed by atoms with Gasteiger partial charge in [-0.25, -0.2) is 4.79 Å². The summed E-state index contributed by atoms with van der Waals surface area (Å²) in [7, 11) is 0. The van der Waals surface area contributed by atoms with Crippen LogP contribution >= 0.6 is 11.6 Å². The van der Waals surface area contributed by atoms with Gasteiger partial charge in [-0.15, -0.1) is 0 Å². The number of fused-ring (bicyclic) bond motifs is 1. The number of aromatic nitrogens is 1. The number of nitrogens with zero attached hydrogens (tertiary/aromatic N) is 2. The van der Waals surface area contributed by atoms with Crippen LogP contribution in [0.4, 0.5) is 5.69 Å². The third-order valence-electron chi connectivity index (χ3n) is 9.31. The average molecular weight is 685 g/mol. The fraction of sp³-hybridized carbons (Fsp3) is 0.306. The summed E-state index contributed by atoms with van der Waals surface area (Å²) in [6.45, 7) is 3.28. The minimum absolute atomic E-state index is 0.00616. The Morgan fingerprint density at radius 1 is 1.06 bits per heavy atom. The van der Waals surface area contributed by atoms with Crippen molar-refractivity contribution in [2.75, 3.05) is 31.6 Å². The van der Waals surface area contributed by atoms with Crippen LogP contribution in [0.3, 0.4) is 0 Å². The highest BCUT2D eigenvalue weighted by Crippen LogP contribution is 2.42. The number of benzene rings is 3. The van der Waals surface area contributed by atoms with Crippen molar-refractivity contribution in [1.82, 2.24) is 14.8 Å². The van der Waals surface area contributed by atoms with Crippen LogP contribution < -0.4 is 10.1 Å². The number of carbonyl (C=O) groups is 5. The molecule has 0 unspecified atom stereocenters. The zero-order valence-corrected chi connectivity index (χ0v) is 27.3. The normalized spacial score (nSPS) is 17.6. The molecule has 49 heavy (non-hydrogen) atoms. The summed E-state index contributed by atoms with van der Waals surface area (Å²) < 4.78 is 11.6. The molecule has 7 rings (SSSR count). The molecule has 4 aromatic rings. The first-order valence-corrected chi connectivity index (χ1v) is 16.4. The Labute approximate surface area is 285 Å². The number of amides is 4. The van der Waals surface area contributed by atoms with E-state index in [4.69, 9.17) is 21.1 Å². The molecular weight excluding hydrogens is 652 g/mol. The second-order valence-electron chi connectivity index (χ2n) is 12.5. The number of hydrogen-bond acceptors (Lipinski definition) is 7. The van der Waals surface area contributed by atoms with Gasteiger partial charge in [0.25, 0.3) is 17.7 Å². The van der Waals surface area contributed by atoms with Crippen LogP contribution in [0.1, 0.15) is 73.6 Å². The van der Waals surface area contributed by atoms with Crippen molar-refractivity contribution in [3.05, 3.63) is 93.1 Å². The number of anilines is 1. The molecule has 12 nitrogen and oxygen atoms in total. The lowest BCUT2D eigenvalue weighted by atomic mass is 9.81. The summed E-state index contributed by atoms with van der Waals surface area (Å²) in [5.74, 6) is -2.75. The number of imide groups is 1. The molecule has 1 fully saturated rings. The summed E-state index contributed by atoms with van der Waals surface area (Å²) >= 11 is 6.28. The SMILES string of the molecule is C[C@@H](Oc1cc(CN2C(=O)c3ccccc3C2=O)ccc1NC(=O)C[C@@H]1CCc2cc(Cl)cc3[nH]c(C(=O)O)c1c23)C(=O)N1CCOCC1. The fourth-order valence-corrected chi connectivity index (χ4v) is 7.24. The summed E-state index contributed by atoms with van der Waals surface area (Å²) in [6, 6.07) is 15.0. The monoisotopic (exact) mass is 684 g/mol. The van der Waals surface area contributed by atoms with E-state index < -0.39 is 23.9 Å². The van der Waals surface area contributed by atoms with Gasteiger partial charge in [0.1, 0.15) is 11.4 Å². The number of morpholine rings is 1. The second kappa shape index (κ2) is 13.0. The first-order valence-electron chi connectivity index (χ1n) is 16.1. The minimum Gasteiger partial charge on any atom is -0.479 e. The summed E-state index contributed by atoms with van der Waals surface area (Å²) in [6.07, 6.45) is 0.243. The van der Waals surface area contributed by atoms with Gasteiger partial charge in [-0.1, -0.05) is 29.8 Å². The van der Waals surface area contributed by atoms with E-state index in [0.717, 1.165) is 15.8 Å². The lowest BCUT2D eigenvalue weighted by Crippen LogP contribution is -2.46. The highest BCUT2D eigenvalue weighted by molar-refractivity contribution is 6.31. The third-order valence-corrected chi connectivity index (χ3v) is 9.53. The molecule has 252 valence electrons. The van der Waals surface area contributed by atoms with Gasteiger partial charge in [-0.05, 0) is 78.8 Å². The highest BCUT2D eigenvalue weighted by Gasteiger charge is 2.36. The Balaban J connectivity index is 1.15. The molecule has 1 aromatic heterocycles. The van der Waals surface area contributed by atoms with Crippen LogP contribution in [-0.4, -0.2) is 81.9 Å². The molecule has 1 saturated heterocycles. The second-order valence-corrected chi connectivity index (χ2v) is 12.9. The van der Waals surface area contributed by atoms with Gasteiger partial charge in [-0.3, -0.25) is 24.1 Å². The molecule has 0 radical (unpaired) electrons. The number of aromatic carboxylic acids is 1. The van der Waals surface area contributed by atoms with E-state index in [2.05, 4.69) is 10.3 Å². The van der Waals surface area contributed by atoms with E-state index in [-0.39, 0.29) is 42.1 Å². The number of H-pyrrole nitrogens is 1. The molecule has 3 N–H and O–H groups in total. The largest absolute Gasteiger partial charge is 0.479 e. The molecule has 0 bridgehead atoms. The van der Waals surface area contributed by atoms with E-state index in [1.807, 2.05) is 6.07 Å². The van der Waals surface area contributed by atoms with Crippen molar-refractivity contribution in [1.29, 1.82) is 0 Å². The Bertz CT molecular complexity index is 2000. The Hall–Kier alpha value is -5.20. The van der Waals surface area contributed by atoms with Gasteiger partial charge in [0.2, 0.25) is 5.91 Å². The molecular formula is C36H33ClN4O8. The first-order chi connectivity index (χ1) is 23.6. The lowest BCUT2D eigenvalue weighted by Gasteiger charge is -2.29. The Kier molecular flexibility index (Phi) is 8.59. The van der Waals surface area contributed by atoms with E-state index >= 15 is 0 Å². The van der Waals surface area contributed by atoms with Crippen molar-refractivity contribution < 1.29 is 38.6 Å². The van der Waals surface area contributed by atoms with E-state index in [0.29, 0.717) is 77.6 Å². The van der Waals surface area contributed by atoms with Crippen molar-refractivity contribution in [3.63, 3.8) is 0 Å². The Morgan fingerprint density at radius 2 is 1.78 bits per heavy atom. The molecule has 1 aliphatic carbocycles. The number of carboxylic acid groups (broad SMARTS) is 1. The smallest absolute Gasteiger partial charge is 0.352 e. The maximum Gasteiger partial charge on any atom is 0.352 e. The molecule has 0 saturated carbocycles. The molecule has 4 amide bonds. The fourth-order valence-electron chi connectivity index (χ4n) is 7.00. The van der Waals surface area contributed by atoms with Gasteiger partial charge in [0, 0.05) is 35.4 Å². The first kappa shape index (κ1) is 32.4. The number of hydrogen-bond donors (Lipinski definition) is 3. The zero-order valence-electron chi connectivity index (χ0n) is 26.6. The van der Waals surface area contributed by atoms with Gasteiger partial charge >= 0.3 is 5.97 Å². The topological polar surface area (TPSA) is 158 Å². The van der Waals surface area contributed by atoms with Crippen molar-refractivity contribution >= 4 is 57.8 Å². The van der Waals surface area contributed by atoms with Crippen LogP contribution in [0.2, 0.25) is 5.02 Å². The predicted octanol–water partition coefficient (Wildman–Crippen LogP) is 5.00. The number of carboxylic acids is 1. The highest BCUT2D eigenvalue weighted by atomic mass is 35.5. The number of ether oxygens (including phenoxy) is 2. The van der Waals surface area contributed by atoms with Crippen molar-refractivity contribution in [3.8, 4) is 5.75 Å². The maximum absolute atomic E-state index is 13.6. The van der Waals surface area contributed by atoms with Crippen LogP contribution in [0, 0.1) is 0 Å². The number of carbonyl (C=O) groups excluding carboxylic acids is 4. The Morgan fingerprint density at radius 3 is 2.47 bits per heavy atom. The summed E-state index contributed by atoms with van der Waals surface area (Å²) in [4.78, 5) is 71.0. The number of halogens is 1. The standard InChI is InChI=1S/C36H33ClN4O8/c1-19(33(43)40-10-12-48-13-11-40)49-28-14-20(18-41-34(44)24-4-2-3-5-25(24)35(41)45)6-9-26(28)38-29(42)16-22-8-7-21-15-23(37)17-27-30(21)31(22)32(39-27)36(46)47/h2-6,9,14-15,17,19,22,39H,7-8,10-13,16,18H2,1H3,(H,38,42)(H,46,47)/t19-,22+/m1/s1. The quantitative estimate of drug-likeness (QED) is 0.208. The number of rotatable bonds is 9. The van der Waals surface area contributed by atoms with Gasteiger partial charge in [-0.2, -0.15) is 0 Å². The number of aryl methyl sites for hydroxylation is 1. The summed E-state index contributed by atoms with van der Waals surface area (Å²) in [5, 5.41) is 14.2. The molecule has 3 heterocycles. The van der Waals surface area contributed by atoms with Crippen LogP contribution in [0.25, 0.3) is 10.9 Å². The van der Waals surface area contributed by atoms with E-state index in [9.17, 15) is 29.1 Å². The van der Waals surface area contributed by atoms with Gasteiger partial charge in [0.15, 0.2) is 6.10 Å². The maximum atomic E-state index is 13.6. The minimum atomic E-state index is -1.12. The molecule has 3 aliphatic rings. The van der Waals surface area contributed by atoms with Gasteiger partial charge < -0.3 is 29.8 Å². The van der Waals surface area contributed by atoms with Gasteiger partial charge in [0.05, 0.1) is 36.6 Å². The lowest BCUT2D eigenvalue weighted by molar-refractivity contribution is -0.142. The molecule has 13 heteroatoms. The molecule has 3 aromatic carbocycles. The molecule has 2 atom stereocenters. The van der Waals surface area contributed by atoms with Crippen molar-refractivity contribution in [2.24, 2.45) is 0 Å².